The number of nitrogens with one attached hydrogen (secondary N) is 1. The molecule has 4 aromatic rings. The van der Waals surface area contributed by atoms with Crippen molar-refractivity contribution in [3.63, 3.8) is 0 Å². The number of aromatic nitrogens is 1. The van der Waals surface area contributed by atoms with Crippen LogP contribution in [0, 0.1) is 0 Å². The van der Waals surface area contributed by atoms with E-state index in [4.69, 9.17) is 21.1 Å². The number of benzene rings is 3. The summed E-state index contributed by atoms with van der Waals surface area (Å²) in [6, 6.07) is 18.2. The quantitative estimate of drug-likeness (QED) is 0.108. The molecule has 0 bridgehead atoms. The monoisotopic (exact) mass is 551 g/mol. The summed E-state index contributed by atoms with van der Waals surface area (Å²) in [5.74, 6) is -2.92. The molecule has 1 heterocycles. The highest BCUT2D eigenvalue weighted by Gasteiger charge is 2.14. The van der Waals surface area contributed by atoms with Gasteiger partial charge in [0.15, 0.2) is 0 Å². The summed E-state index contributed by atoms with van der Waals surface area (Å²) in [5, 5.41) is 43.7. The molecule has 0 fully saturated rings. The number of azo groups is 1. The highest BCUT2D eigenvalue weighted by molar-refractivity contribution is 7.92. The average molecular weight is 552 g/mol. The van der Waals surface area contributed by atoms with Crippen LogP contribution in [0.15, 0.2) is 100 Å². The Morgan fingerprint density at radius 2 is 1.33 bits per heavy atom. The van der Waals surface area contributed by atoms with Crippen molar-refractivity contribution in [3.05, 3.63) is 96.2 Å². The number of sulfonamides is 1. The zero-order valence-corrected chi connectivity index (χ0v) is 20.6. The van der Waals surface area contributed by atoms with Crippen LogP contribution in [0.5, 0.6) is 11.5 Å². The Hall–Kier alpha value is -5.50. The molecule has 0 aliphatic heterocycles. The number of rotatable bonds is 7. The van der Waals surface area contributed by atoms with E-state index in [9.17, 15) is 23.1 Å². The Balaban J connectivity index is 0.000000320. The van der Waals surface area contributed by atoms with Crippen LogP contribution in [-0.2, 0) is 10.0 Å². The normalized spacial score (nSPS) is 10.9. The number of aromatic hydroxyl groups is 2. The number of phenols is 2. The number of hydrogen-bond donors (Lipinski definition) is 6. The lowest BCUT2D eigenvalue weighted by atomic mass is 10.2. The summed E-state index contributed by atoms with van der Waals surface area (Å²) < 4.78 is 27.0. The lowest BCUT2D eigenvalue weighted by Gasteiger charge is -2.07. The first-order valence-corrected chi connectivity index (χ1v) is 12.3. The fourth-order valence-electron chi connectivity index (χ4n) is 2.91. The number of hydrogen-bond acceptors (Lipinski definition) is 10. The van der Waals surface area contributed by atoms with Gasteiger partial charge in [-0.3, -0.25) is 4.72 Å². The molecule has 1 aromatic heterocycles. The van der Waals surface area contributed by atoms with E-state index in [-0.39, 0.29) is 39.0 Å². The molecule has 13 nitrogen and oxygen atoms in total. The second-order valence-electron chi connectivity index (χ2n) is 7.60. The molecule has 0 amide bonds. The number of anilines is 2. The van der Waals surface area contributed by atoms with Gasteiger partial charge in [-0.1, -0.05) is 6.07 Å². The van der Waals surface area contributed by atoms with Gasteiger partial charge in [0.05, 0.1) is 16.3 Å². The number of nitrogens with two attached hydrogens (primary N) is 1. The standard InChI is InChI=1S/C18H14N4O5S.C7H7NO3/c23-16-9-6-13(11-15(16)18(24)25)21-20-12-4-7-14(8-5-12)28(26,27)22-17-3-1-2-10-19-17;8-4-1-2-6(9)5(3-4)7(10)11/h1-11,23H,(H,19,22)(H,24,25);1-3,9H,8H2,(H,10,11). The molecule has 0 aliphatic rings. The van der Waals surface area contributed by atoms with Gasteiger partial charge < -0.3 is 26.2 Å². The molecule has 4 rings (SSSR count). The fourth-order valence-corrected chi connectivity index (χ4v) is 3.92. The van der Waals surface area contributed by atoms with Crippen molar-refractivity contribution in [3.8, 4) is 11.5 Å². The van der Waals surface area contributed by atoms with E-state index in [2.05, 4.69) is 19.9 Å². The Labute approximate surface area is 221 Å². The molecule has 0 saturated carbocycles. The molecular weight excluding hydrogens is 530 g/mol. The molecule has 0 radical (unpaired) electrons. The molecule has 3 aromatic carbocycles. The van der Waals surface area contributed by atoms with Crippen molar-refractivity contribution in [1.82, 2.24) is 4.98 Å². The van der Waals surface area contributed by atoms with E-state index in [0.717, 1.165) is 0 Å². The molecule has 0 saturated heterocycles. The van der Waals surface area contributed by atoms with E-state index in [0.29, 0.717) is 11.4 Å². The van der Waals surface area contributed by atoms with Crippen LogP contribution < -0.4 is 10.5 Å². The van der Waals surface area contributed by atoms with Crippen LogP contribution in [0.4, 0.5) is 22.9 Å². The first-order chi connectivity index (χ1) is 18.5. The third-order valence-electron chi connectivity index (χ3n) is 4.79. The predicted octanol–water partition coefficient (Wildman–Crippen LogP) is 4.37. The number of nitrogen functional groups attached to an aromatic ring is 1. The number of aromatic carboxylic acids is 2. The van der Waals surface area contributed by atoms with E-state index in [1.165, 1.54) is 72.9 Å². The maximum Gasteiger partial charge on any atom is 0.339 e. The predicted molar refractivity (Wildman–Crippen MR) is 140 cm³/mol. The van der Waals surface area contributed by atoms with Crippen molar-refractivity contribution >= 4 is 44.8 Å². The second kappa shape index (κ2) is 12.2. The van der Waals surface area contributed by atoms with Gasteiger partial charge in [0, 0.05) is 11.9 Å². The summed E-state index contributed by atoms with van der Waals surface area (Å²) in [7, 11) is -3.79. The second-order valence-corrected chi connectivity index (χ2v) is 9.29. The largest absolute Gasteiger partial charge is 0.507 e. The van der Waals surface area contributed by atoms with Crippen LogP contribution in [0.25, 0.3) is 0 Å². The topological polar surface area (TPSA) is 225 Å². The van der Waals surface area contributed by atoms with Gasteiger partial charge in [0.25, 0.3) is 10.0 Å². The molecule has 200 valence electrons. The van der Waals surface area contributed by atoms with Crippen molar-refractivity contribution in [2.75, 3.05) is 10.5 Å². The third-order valence-corrected chi connectivity index (χ3v) is 6.16. The van der Waals surface area contributed by atoms with E-state index in [1.807, 2.05) is 0 Å². The minimum atomic E-state index is -3.79. The van der Waals surface area contributed by atoms with Crippen molar-refractivity contribution in [2.24, 2.45) is 10.2 Å². The first kappa shape index (κ1) is 28.1. The Bertz CT molecular complexity index is 1630. The number of carboxylic acid groups (broad SMARTS) is 2. The van der Waals surface area contributed by atoms with Gasteiger partial charge in [0.2, 0.25) is 0 Å². The van der Waals surface area contributed by atoms with Gasteiger partial charge in [-0.15, -0.1) is 0 Å². The number of pyridine rings is 1. The Morgan fingerprint density at radius 3 is 1.90 bits per heavy atom. The van der Waals surface area contributed by atoms with Gasteiger partial charge in [-0.2, -0.15) is 10.2 Å². The van der Waals surface area contributed by atoms with Crippen LogP contribution in [0.2, 0.25) is 0 Å². The lowest BCUT2D eigenvalue weighted by molar-refractivity contribution is 0.0682. The zero-order valence-electron chi connectivity index (χ0n) is 19.8. The molecule has 0 spiro atoms. The smallest absolute Gasteiger partial charge is 0.339 e. The molecule has 0 unspecified atom stereocenters. The zero-order chi connectivity index (χ0) is 28.6. The SMILES string of the molecule is Nc1ccc(O)c(C(=O)O)c1.O=C(O)c1cc(N=Nc2ccc(S(=O)(=O)Nc3ccccn3)cc2)ccc1O. The molecule has 7 N–H and O–H groups in total. The van der Waals surface area contributed by atoms with Crippen molar-refractivity contribution in [1.29, 1.82) is 0 Å². The van der Waals surface area contributed by atoms with Crippen LogP contribution in [0.1, 0.15) is 20.7 Å². The lowest BCUT2D eigenvalue weighted by Crippen LogP contribution is -2.13. The maximum absolute atomic E-state index is 12.3. The minimum absolute atomic E-state index is 0.0231. The summed E-state index contributed by atoms with van der Waals surface area (Å²) >= 11 is 0. The highest BCUT2D eigenvalue weighted by Crippen LogP contribution is 2.26. The Morgan fingerprint density at radius 1 is 0.769 bits per heavy atom. The number of carboxylic acids is 2. The molecule has 0 aliphatic carbocycles. The van der Waals surface area contributed by atoms with Crippen LogP contribution in [-0.4, -0.2) is 45.8 Å². The summed E-state index contributed by atoms with van der Waals surface area (Å²) in [6.07, 6.45) is 1.47. The summed E-state index contributed by atoms with van der Waals surface area (Å²) in [4.78, 5) is 25.3. The van der Waals surface area contributed by atoms with Crippen LogP contribution >= 0.6 is 0 Å². The molecule has 39 heavy (non-hydrogen) atoms. The third kappa shape index (κ3) is 7.74. The maximum atomic E-state index is 12.3. The average Bonchev–Trinajstić information content (AvgIpc) is 2.90. The van der Waals surface area contributed by atoms with Crippen molar-refractivity contribution < 1.29 is 38.4 Å². The van der Waals surface area contributed by atoms with Crippen LogP contribution in [0.3, 0.4) is 0 Å². The minimum Gasteiger partial charge on any atom is -0.507 e. The van der Waals surface area contributed by atoms with E-state index >= 15 is 0 Å². The summed E-state index contributed by atoms with van der Waals surface area (Å²) in [5.41, 5.74) is 5.73. The summed E-state index contributed by atoms with van der Waals surface area (Å²) in [6.45, 7) is 0. The van der Waals surface area contributed by atoms with Crippen molar-refractivity contribution in [2.45, 2.75) is 4.90 Å². The molecule has 0 atom stereocenters. The van der Waals surface area contributed by atoms with Gasteiger partial charge in [-0.05, 0) is 72.8 Å². The Kier molecular flexibility index (Phi) is 8.75. The fraction of sp³-hybridized carbons (Fsp3) is 0. The van der Waals surface area contributed by atoms with Gasteiger partial charge in [0.1, 0.15) is 28.4 Å². The first-order valence-electron chi connectivity index (χ1n) is 10.8. The van der Waals surface area contributed by atoms with E-state index < -0.39 is 22.0 Å². The number of carbonyl (C=O) groups is 2. The number of nitrogens with zero attached hydrogens (tertiary/aromatic N) is 3. The molecule has 14 heteroatoms. The van der Waals surface area contributed by atoms with Gasteiger partial charge in [-0.25, -0.2) is 23.0 Å². The highest BCUT2D eigenvalue weighted by atomic mass is 32.2. The molecular formula is C25H21N5O8S. The van der Waals surface area contributed by atoms with E-state index in [1.54, 1.807) is 12.1 Å². The van der Waals surface area contributed by atoms with Gasteiger partial charge >= 0.3 is 11.9 Å².